The van der Waals surface area contributed by atoms with Gasteiger partial charge in [0.25, 0.3) is 0 Å². The molecule has 1 atom stereocenters. The van der Waals surface area contributed by atoms with Crippen LogP contribution < -0.4 is 5.32 Å². The van der Waals surface area contributed by atoms with Crippen molar-refractivity contribution >= 4 is 0 Å². The third-order valence-corrected chi connectivity index (χ3v) is 2.72. The zero-order valence-corrected chi connectivity index (χ0v) is 10.4. The van der Waals surface area contributed by atoms with E-state index in [0.29, 0.717) is 0 Å². The van der Waals surface area contributed by atoms with Crippen molar-refractivity contribution < 1.29 is 4.42 Å². The van der Waals surface area contributed by atoms with E-state index in [9.17, 15) is 0 Å². The molecule has 0 unspecified atom stereocenters. The Balaban J connectivity index is 1.84. The summed E-state index contributed by atoms with van der Waals surface area (Å²) >= 11 is 0. The second-order valence-corrected chi connectivity index (χ2v) is 4.23. The minimum absolute atomic E-state index is 0.222. The highest BCUT2D eigenvalue weighted by atomic mass is 16.3. The van der Waals surface area contributed by atoms with Crippen molar-refractivity contribution in [3.8, 4) is 0 Å². The van der Waals surface area contributed by atoms with Gasteiger partial charge in [0, 0.05) is 24.8 Å². The Morgan fingerprint density at radius 1 is 1.53 bits per heavy atom. The number of rotatable bonds is 6. The molecule has 17 heavy (non-hydrogen) atoms. The number of furan rings is 1. The molecule has 0 saturated carbocycles. The van der Waals surface area contributed by atoms with Crippen molar-refractivity contribution in [2.75, 3.05) is 0 Å². The fourth-order valence-electron chi connectivity index (χ4n) is 1.76. The molecule has 4 nitrogen and oxygen atoms in total. The minimum Gasteiger partial charge on any atom is -0.468 e. The SMILES string of the molecule is CCCn1cc(CN[C@@H](C)c2ccco2)cn1. The van der Waals surface area contributed by atoms with Crippen molar-refractivity contribution in [2.45, 2.75) is 39.4 Å². The van der Waals surface area contributed by atoms with Crippen LogP contribution in [-0.4, -0.2) is 9.78 Å². The lowest BCUT2D eigenvalue weighted by Gasteiger charge is -2.09. The third-order valence-electron chi connectivity index (χ3n) is 2.72. The van der Waals surface area contributed by atoms with E-state index in [-0.39, 0.29) is 6.04 Å². The van der Waals surface area contributed by atoms with Crippen molar-refractivity contribution in [3.63, 3.8) is 0 Å². The topological polar surface area (TPSA) is 43.0 Å². The van der Waals surface area contributed by atoms with E-state index in [1.807, 2.05) is 23.0 Å². The Kier molecular flexibility index (Phi) is 3.98. The van der Waals surface area contributed by atoms with Gasteiger partial charge >= 0.3 is 0 Å². The third kappa shape index (κ3) is 3.20. The number of aromatic nitrogens is 2. The number of nitrogens with zero attached hydrogens (tertiary/aromatic N) is 2. The molecule has 0 aromatic carbocycles. The molecule has 0 saturated heterocycles. The number of nitrogens with one attached hydrogen (secondary N) is 1. The smallest absolute Gasteiger partial charge is 0.120 e. The lowest BCUT2D eigenvalue weighted by molar-refractivity contribution is 0.430. The maximum Gasteiger partial charge on any atom is 0.120 e. The maximum absolute atomic E-state index is 5.34. The zero-order valence-electron chi connectivity index (χ0n) is 10.4. The molecule has 2 heterocycles. The number of aryl methyl sites for hydroxylation is 1. The summed E-state index contributed by atoms with van der Waals surface area (Å²) in [6.45, 7) is 6.03. The summed E-state index contributed by atoms with van der Waals surface area (Å²) in [6.07, 6.45) is 6.81. The number of hydrogen-bond acceptors (Lipinski definition) is 3. The largest absolute Gasteiger partial charge is 0.468 e. The van der Waals surface area contributed by atoms with Gasteiger partial charge in [0.2, 0.25) is 0 Å². The van der Waals surface area contributed by atoms with E-state index in [1.165, 1.54) is 5.56 Å². The van der Waals surface area contributed by atoms with Gasteiger partial charge < -0.3 is 9.73 Å². The molecule has 0 spiro atoms. The molecular formula is C13H19N3O. The molecule has 0 amide bonds. The fourth-order valence-corrected chi connectivity index (χ4v) is 1.76. The van der Waals surface area contributed by atoms with Gasteiger partial charge in [0.05, 0.1) is 18.5 Å². The molecule has 0 fully saturated rings. The van der Waals surface area contributed by atoms with E-state index in [4.69, 9.17) is 4.42 Å². The molecule has 0 bridgehead atoms. The molecule has 0 aliphatic rings. The highest BCUT2D eigenvalue weighted by Gasteiger charge is 2.07. The van der Waals surface area contributed by atoms with Gasteiger partial charge in [-0.2, -0.15) is 5.10 Å². The Labute approximate surface area is 102 Å². The van der Waals surface area contributed by atoms with Gasteiger partial charge in [-0.05, 0) is 25.5 Å². The van der Waals surface area contributed by atoms with E-state index >= 15 is 0 Å². The Bertz CT molecular complexity index is 433. The van der Waals surface area contributed by atoms with Gasteiger partial charge in [0.1, 0.15) is 5.76 Å². The first kappa shape index (κ1) is 11.9. The predicted octanol–water partition coefficient (Wildman–Crippen LogP) is 2.74. The summed E-state index contributed by atoms with van der Waals surface area (Å²) < 4.78 is 7.32. The second kappa shape index (κ2) is 5.68. The summed E-state index contributed by atoms with van der Waals surface area (Å²) in [5, 5.41) is 7.71. The highest BCUT2D eigenvalue weighted by molar-refractivity contribution is 5.06. The summed E-state index contributed by atoms with van der Waals surface area (Å²) in [6, 6.07) is 4.12. The van der Waals surface area contributed by atoms with Crippen LogP contribution in [0.3, 0.4) is 0 Å². The van der Waals surface area contributed by atoms with Crippen LogP contribution in [-0.2, 0) is 13.1 Å². The van der Waals surface area contributed by atoms with Crippen LogP contribution >= 0.6 is 0 Å². The summed E-state index contributed by atoms with van der Waals surface area (Å²) in [7, 11) is 0. The van der Waals surface area contributed by atoms with Crippen LogP contribution in [0.1, 0.15) is 37.6 Å². The zero-order chi connectivity index (χ0) is 12.1. The number of hydrogen-bond donors (Lipinski definition) is 1. The molecule has 0 radical (unpaired) electrons. The average Bonchev–Trinajstić information content (AvgIpc) is 2.97. The second-order valence-electron chi connectivity index (χ2n) is 4.23. The van der Waals surface area contributed by atoms with Gasteiger partial charge in [-0.25, -0.2) is 0 Å². The summed E-state index contributed by atoms with van der Waals surface area (Å²) in [5.41, 5.74) is 1.21. The average molecular weight is 233 g/mol. The van der Waals surface area contributed by atoms with Crippen LogP contribution in [0.15, 0.2) is 35.2 Å². The van der Waals surface area contributed by atoms with E-state index in [2.05, 4.69) is 30.5 Å². The van der Waals surface area contributed by atoms with Gasteiger partial charge in [-0.3, -0.25) is 4.68 Å². The molecule has 0 aliphatic carbocycles. The van der Waals surface area contributed by atoms with Gasteiger partial charge in [-0.15, -0.1) is 0 Å². The standard InChI is InChI=1S/C13H19N3O/c1-3-6-16-10-12(9-15-16)8-14-11(2)13-5-4-7-17-13/h4-5,7,9-11,14H,3,6,8H2,1-2H3/t11-/m0/s1. The van der Waals surface area contributed by atoms with Crippen LogP contribution in [0, 0.1) is 0 Å². The lowest BCUT2D eigenvalue weighted by Crippen LogP contribution is -2.17. The van der Waals surface area contributed by atoms with Crippen molar-refractivity contribution in [2.24, 2.45) is 0 Å². The molecular weight excluding hydrogens is 214 g/mol. The quantitative estimate of drug-likeness (QED) is 0.834. The first-order valence-electron chi connectivity index (χ1n) is 6.07. The van der Waals surface area contributed by atoms with Crippen molar-refractivity contribution in [1.29, 1.82) is 0 Å². The molecule has 0 aliphatic heterocycles. The van der Waals surface area contributed by atoms with Gasteiger partial charge in [0.15, 0.2) is 0 Å². The minimum atomic E-state index is 0.222. The monoisotopic (exact) mass is 233 g/mol. The van der Waals surface area contributed by atoms with Crippen LogP contribution in [0.5, 0.6) is 0 Å². The molecule has 2 aromatic heterocycles. The predicted molar refractivity (Wildman–Crippen MR) is 66.5 cm³/mol. The fraction of sp³-hybridized carbons (Fsp3) is 0.462. The van der Waals surface area contributed by atoms with Crippen molar-refractivity contribution in [1.82, 2.24) is 15.1 Å². The Morgan fingerprint density at radius 2 is 2.41 bits per heavy atom. The van der Waals surface area contributed by atoms with Crippen molar-refractivity contribution in [3.05, 3.63) is 42.1 Å². The lowest BCUT2D eigenvalue weighted by atomic mass is 10.2. The first-order chi connectivity index (χ1) is 8.29. The van der Waals surface area contributed by atoms with Crippen LogP contribution in [0.2, 0.25) is 0 Å². The molecule has 1 N–H and O–H groups in total. The maximum atomic E-state index is 5.34. The van der Waals surface area contributed by atoms with E-state index in [0.717, 1.165) is 25.3 Å². The summed E-state index contributed by atoms with van der Waals surface area (Å²) in [5.74, 6) is 0.964. The highest BCUT2D eigenvalue weighted by Crippen LogP contribution is 2.12. The van der Waals surface area contributed by atoms with E-state index < -0.39 is 0 Å². The summed E-state index contributed by atoms with van der Waals surface area (Å²) in [4.78, 5) is 0. The molecule has 4 heteroatoms. The molecule has 2 aromatic rings. The molecule has 92 valence electrons. The normalized spacial score (nSPS) is 12.8. The van der Waals surface area contributed by atoms with Gasteiger partial charge in [-0.1, -0.05) is 6.92 Å². The Morgan fingerprint density at radius 3 is 3.12 bits per heavy atom. The first-order valence-corrected chi connectivity index (χ1v) is 6.07. The molecule has 2 rings (SSSR count). The Hall–Kier alpha value is -1.55. The van der Waals surface area contributed by atoms with Crippen LogP contribution in [0.4, 0.5) is 0 Å². The van der Waals surface area contributed by atoms with Crippen LogP contribution in [0.25, 0.3) is 0 Å². The van der Waals surface area contributed by atoms with E-state index in [1.54, 1.807) is 6.26 Å².